The van der Waals surface area contributed by atoms with Crippen LogP contribution in [0.4, 0.5) is 0 Å². The second kappa shape index (κ2) is 7.87. The number of aryl methyl sites for hydroxylation is 4. The predicted molar refractivity (Wildman–Crippen MR) is 100 cm³/mol. The fourth-order valence-electron chi connectivity index (χ4n) is 2.89. The average molecular weight is 343 g/mol. The minimum atomic E-state index is -1.41. The molecule has 2 unspecified atom stereocenters. The number of pyridine rings is 1. The molecule has 0 saturated carbocycles. The minimum Gasteiger partial charge on any atom is -0.487 e. The first kappa shape index (κ1) is 19.3. The van der Waals surface area contributed by atoms with Crippen LogP contribution in [0.2, 0.25) is 0 Å². The van der Waals surface area contributed by atoms with Gasteiger partial charge in [-0.05, 0) is 51.3 Å². The summed E-state index contributed by atoms with van der Waals surface area (Å²) < 4.78 is 12.0. The highest BCUT2D eigenvalue weighted by Gasteiger charge is 2.37. The van der Waals surface area contributed by atoms with Gasteiger partial charge in [-0.3, -0.25) is 4.98 Å². The Bertz CT molecular complexity index is 706. The normalized spacial score (nSPS) is 14.7. The molecule has 1 heterocycles. The van der Waals surface area contributed by atoms with Crippen LogP contribution in [-0.2, 0) is 0 Å². The van der Waals surface area contributed by atoms with Crippen LogP contribution in [0.1, 0.15) is 42.7 Å². The molecule has 2 aromatic rings. The Hall–Kier alpha value is -2.07. The van der Waals surface area contributed by atoms with Gasteiger partial charge in [0.05, 0.1) is 0 Å². The van der Waals surface area contributed by atoms with E-state index in [9.17, 15) is 5.11 Å². The molecule has 2 rings (SSSR count). The molecule has 0 aliphatic heterocycles. The summed E-state index contributed by atoms with van der Waals surface area (Å²) >= 11 is 0. The van der Waals surface area contributed by atoms with E-state index in [2.05, 4.69) is 24.0 Å². The van der Waals surface area contributed by atoms with Gasteiger partial charge in [0.2, 0.25) is 5.79 Å². The number of hydrogen-bond acceptors (Lipinski definition) is 4. The first-order valence-electron chi connectivity index (χ1n) is 8.80. The molecule has 25 heavy (non-hydrogen) atoms. The number of rotatable bonds is 7. The van der Waals surface area contributed by atoms with Crippen molar-refractivity contribution in [2.45, 2.75) is 53.8 Å². The molecule has 0 aliphatic carbocycles. The molecule has 0 fully saturated rings. The molecule has 0 saturated heterocycles. The molecule has 1 aromatic heterocycles. The third-order valence-corrected chi connectivity index (χ3v) is 4.58. The standard InChI is InChI=1S/C21H29NO3/c1-7-17(5)21(23,13-24-19-8-9-22-18(6)12-19)25-20-15(3)10-14(2)11-16(20)4/h8-12,17,23H,7,13H2,1-6H3. The highest BCUT2D eigenvalue weighted by atomic mass is 16.6. The van der Waals surface area contributed by atoms with E-state index in [1.165, 1.54) is 5.56 Å². The van der Waals surface area contributed by atoms with Crippen molar-refractivity contribution >= 4 is 0 Å². The van der Waals surface area contributed by atoms with E-state index in [1.807, 2.05) is 40.7 Å². The van der Waals surface area contributed by atoms with Gasteiger partial charge < -0.3 is 14.6 Å². The lowest BCUT2D eigenvalue weighted by Gasteiger charge is -2.35. The van der Waals surface area contributed by atoms with E-state index in [0.29, 0.717) is 5.75 Å². The van der Waals surface area contributed by atoms with E-state index in [4.69, 9.17) is 9.47 Å². The Morgan fingerprint density at radius 3 is 2.32 bits per heavy atom. The van der Waals surface area contributed by atoms with Crippen LogP contribution in [-0.4, -0.2) is 22.5 Å². The number of hydrogen-bond donors (Lipinski definition) is 1. The fraction of sp³-hybridized carbons (Fsp3) is 0.476. The van der Waals surface area contributed by atoms with Gasteiger partial charge in [0.1, 0.15) is 11.5 Å². The zero-order valence-corrected chi connectivity index (χ0v) is 16.1. The summed E-state index contributed by atoms with van der Waals surface area (Å²) in [5.74, 6) is -0.0925. The SMILES string of the molecule is CCC(C)C(O)(COc1ccnc(C)c1)Oc1c(C)cc(C)cc1C. The lowest BCUT2D eigenvalue weighted by Crippen LogP contribution is -2.48. The van der Waals surface area contributed by atoms with Crippen LogP contribution in [0, 0.1) is 33.6 Å². The van der Waals surface area contributed by atoms with Crippen LogP contribution in [0.15, 0.2) is 30.5 Å². The summed E-state index contributed by atoms with van der Waals surface area (Å²) in [7, 11) is 0. The van der Waals surface area contributed by atoms with Crippen molar-refractivity contribution in [2.24, 2.45) is 5.92 Å². The van der Waals surface area contributed by atoms with Crippen molar-refractivity contribution in [1.82, 2.24) is 4.98 Å². The van der Waals surface area contributed by atoms with Crippen LogP contribution in [0.5, 0.6) is 11.5 Å². The smallest absolute Gasteiger partial charge is 0.245 e. The van der Waals surface area contributed by atoms with Gasteiger partial charge in [0, 0.05) is 23.9 Å². The maximum absolute atomic E-state index is 11.2. The number of ether oxygens (including phenoxy) is 2. The lowest BCUT2D eigenvalue weighted by atomic mass is 9.97. The summed E-state index contributed by atoms with van der Waals surface area (Å²) in [6.45, 7) is 12.0. The van der Waals surface area contributed by atoms with Gasteiger partial charge in [0.15, 0.2) is 6.61 Å². The van der Waals surface area contributed by atoms with Gasteiger partial charge >= 0.3 is 0 Å². The van der Waals surface area contributed by atoms with Gasteiger partial charge in [0.25, 0.3) is 0 Å². The maximum atomic E-state index is 11.2. The van der Waals surface area contributed by atoms with Crippen LogP contribution >= 0.6 is 0 Å². The third-order valence-electron chi connectivity index (χ3n) is 4.58. The fourth-order valence-corrected chi connectivity index (χ4v) is 2.89. The molecule has 136 valence electrons. The minimum absolute atomic E-state index is 0.0538. The highest BCUT2D eigenvalue weighted by Crippen LogP contribution is 2.32. The van der Waals surface area contributed by atoms with Crippen molar-refractivity contribution in [3.8, 4) is 11.5 Å². The first-order chi connectivity index (χ1) is 11.7. The third kappa shape index (κ3) is 4.73. The van der Waals surface area contributed by atoms with Gasteiger partial charge in [-0.2, -0.15) is 0 Å². The molecule has 4 nitrogen and oxygen atoms in total. The Balaban J connectivity index is 2.25. The van der Waals surface area contributed by atoms with Crippen molar-refractivity contribution in [1.29, 1.82) is 0 Å². The molecule has 1 N–H and O–H groups in total. The van der Waals surface area contributed by atoms with Gasteiger partial charge in [-0.15, -0.1) is 0 Å². The Labute approximate surface area is 150 Å². The number of nitrogens with zero attached hydrogens (tertiary/aromatic N) is 1. The molecule has 0 amide bonds. The second-order valence-electron chi connectivity index (χ2n) is 6.91. The predicted octanol–water partition coefficient (Wildman–Crippen LogP) is 4.51. The van der Waals surface area contributed by atoms with Crippen molar-refractivity contribution in [3.63, 3.8) is 0 Å². The lowest BCUT2D eigenvalue weighted by molar-refractivity contribution is -0.194. The highest BCUT2D eigenvalue weighted by molar-refractivity contribution is 5.43. The van der Waals surface area contributed by atoms with Gasteiger partial charge in [-0.25, -0.2) is 0 Å². The van der Waals surface area contributed by atoms with E-state index >= 15 is 0 Å². The van der Waals surface area contributed by atoms with Gasteiger partial charge in [-0.1, -0.05) is 31.5 Å². The zero-order valence-electron chi connectivity index (χ0n) is 16.1. The summed E-state index contributed by atoms with van der Waals surface area (Å²) in [5, 5.41) is 11.2. The molecule has 0 spiro atoms. The zero-order chi connectivity index (χ0) is 18.6. The summed E-state index contributed by atoms with van der Waals surface area (Å²) in [6.07, 6.45) is 2.47. The van der Waals surface area contributed by atoms with Crippen LogP contribution < -0.4 is 9.47 Å². The molecule has 4 heteroatoms. The van der Waals surface area contributed by atoms with E-state index in [0.717, 1.165) is 29.0 Å². The first-order valence-corrected chi connectivity index (χ1v) is 8.80. The summed E-state index contributed by atoms with van der Waals surface area (Å²) in [4.78, 5) is 4.16. The van der Waals surface area contributed by atoms with Crippen LogP contribution in [0.3, 0.4) is 0 Å². The Kier molecular flexibility index (Phi) is 6.07. The molecular weight excluding hydrogens is 314 g/mol. The maximum Gasteiger partial charge on any atom is 0.245 e. The monoisotopic (exact) mass is 343 g/mol. The van der Waals surface area contributed by atoms with Crippen LogP contribution in [0.25, 0.3) is 0 Å². The molecule has 0 bridgehead atoms. The topological polar surface area (TPSA) is 51.6 Å². The molecular formula is C21H29NO3. The molecule has 2 atom stereocenters. The number of aliphatic hydroxyl groups is 1. The summed E-state index contributed by atoms with van der Waals surface area (Å²) in [5.41, 5.74) is 4.08. The Morgan fingerprint density at radius 2 is 1.76 bits per heavy atom. The number of aromatic nitrogens is 1. The molecule has 0 aliphatic rings. The van der Waals surface area contributed by atoms with Crippen molar-refractivity contribution in [3.05, 3.63) is 52.8 Å². The molecule has 1 aromatic carbocycles. The molecule has 0 radical (unpaired) electrons. The van der Waals surface area contributed by atoms with E-state index in [-0.39, 0.29) is 12.5 Å². The van der Waals surface area contributed by atoms with Crippen molar-refractivity contribution < 1.29 is 14.6 Å². The largest absolute Gasteiger partial charge is 0.487 e. The van der Waals surface area contributed by atoms with Crippen molar-refractivity contribution in [2.75, 3.05) is 6.61 Å². The quantitative estimate of drug-likeness (QED) is 0.752. The van der Waals surface area contributed by atoms with E-state index < -0.39 is 5.79 Å². The average Bonchev–Trinajstić information content (AvgIpc) is 2.55. The van der Waals surface area contributed by atoms with E-state index in [1.54, 1.807) is 12.3 Å². The summed E-state index contributed by atoms with van der Waals surface area (Å²) in [6, 6.07) is 7.75. The Morgan fingerprint density at radius 1 is 1.12 bits per heavy atom. The number of benzene rings is 1. The second-order valence-corrected chi connectivity index (χ2v) is 6.91.